The standard InChI is InChI=1S/C54H61N/c1-50(2,3)37-26-44-43-22-20-40(29-47(43)53(9,10)49(44)48(27-37)51(4,5)6)55(39-19-21-42-41-13-11-12-14-45(41)52(7,8)46(42)28-39)38-17-15-36(16-18-38)54-30-33-23-34(31-54)25-35(24-33)32-54/h11-22,26-29,33-35H,23-25,30-32H2,1-10H3. The van der Waals surface area contributed by atoms with Gasteiger partial charge in [0.15, 0.2) is 0 Å². The third kappa shape index (κ3) is 5.23. The second-order valence-electron chi connectivity index (χ2n) is 21.8. The van der Waals surface area contributed by atoms with E-state index < -0.39 is 0 Å². The van der Waals surface area contributed by atoms with Crippen LogP contribution in [0.3, 0.4) is 0 Å². The Hall–Kier alpha value is -4.10. The molecule has 0 aliphatic heterocycles. The quantitative estimate of drug-likeness (QED) is 0.178. The zero-order chi connectivity index (χ0) is 38.4. The molecule has 11 rings (SSSR count). The number of rotatable bonds is 4. The van der Waals surface area contributed by atoms with Gasteiger partial charge < -0.3 is 4.90 Å². The van der Waals surface area contributed by atoms with Gasteiger partial charge in [0.25, 0.3) is 0 Å². The fourth-order valence-electron chi connectivity index (χ4n) is 12.8. The van der Waals surface area contributed by atoms with Crippen LogP contribution in [0.15, 0.2) is 97.1 Å². The molecule has 0 spiro atoms. The van der Waals surface area contributed by atoms with Crippen molar-refractivity contribution >= 4 is 17.1 Å². The molecule has 6 aliphatic carbocycles. The molecule has 5 aromatic carbocycles. The Morgan fingerprint density at radius 2 is 1.00 bits per heavy atom. The van der Waals surface area contributed by atoms with E-state index in [1.807, 2.05) is 0 Å². The van der Waals surface area contributed by atoms with Crippen molar-refractivity contribution in [2.24, 2.45) is 17.8 Å². The zero-order valence-electron chi connectivity index (χ0n) is 35.2. The van der Waals surface area contributed by atoms with Crippen LogP contribution in [-0.2, 0) is 27.1 Å². The molecule has 4 fully saturated rings. The summed E-state index contributed by atoms with van der Waals surface area (Å²) in [6.45, 7) is 24.0. The molecule has 6 aliphatic rings. The maximum atomic E-state index is 2.56. The molecule has 0 amide bonds. The Morgan fingerprint density at radius 3 is 1.56 bits per heavy atom. The normalized spacial score (nSPS) is 25.0. The molecule has 282 valence electrons. The first kappa shape index (κ1) is 35.3. The number of nitrogens with zero attached hydrogens (tertiary/aromatic N) is 1. The van der Waals surface area contributed by atoms with E-state index in [1.165, 1.54) is 111 Å². The molecule has 0 heterocycles. The lowest BCUT2D eigenvalue weighted by Gasteiger charge is -2.57. The molecule has 1 heteroatoms. The molecule has 0 aromatic heterocycles. The average molecular weight is 724 g/mol. The first-order chi connectivity index (χ1) is 25.9. The predicted octanol–water partition coefficient (Wildman–Crippen LogP) is 14.8. The lowest BCUT2D eigenvalue weighted by molar-refractivity contribution is -0.00518. The minimum atomic E-state index is -0.130. The zero-order valence-corrected chi connectivity index (χ0v) is 35.2. The van der Waals surface area contributed by atoms with Gasteiger partial charge in [0, 0.05) is 27.9 Å². The molecule has 4 saturated carbocycles. The number of fused-ring (bicyclic) bond motifs is 6. The summed E-state index contributed by atoms with van der Waals surface area (Å²) in [5.41, 5.74) is 19.9. The smallest absolute Gasteiger partial charge is 0.0465 e. The van der Waals surface area contributed by atoms with Crippen LogP contribution < -0.4 is 4.90 Å². The number of hydrogen-bond acceptors (Lipinski definition) is 1. The fraction of sp³-hybridized carbons (Fsp3) is 0.444. The van der Waals surface area contributed by atoms with E-state index in [4.69, 9.17) is 0 Å². The SMILES string of the molecule is CC(C)(C)c1cc2c(c(C(C)(C)C)c1)C(C)(C)c1cc(N(c3ccc(C45CC6CC(CC(C6)C4)C5)cc3)c3ccc4c(c3)C(C)(C)c3ccccc3-4)ccc1-2. The van der Waals surface area contributed by atoms with Gasteiger partial charge >= 0.3 is 0 Å². The molecule has 55 heavy (non-hydrogen) atoms. The van der Waals surface area contributed by atoms with Gasteiger partial charge in [-0.15, -0.1) is 0 Å². The monoisotopic (exact) mass is 723 g/mol. The van der Waals surface area contributed by atoms with Crippen LogP contribution in [0.4, 0.5) is 17.1 Å². The van der Waals surface area contributed by atoms with Gasteiger partial charge in [-0.1, -0.05) is 130 Å². The van der Waals surface area contributed by atoms with Crippen LogP contribution >= 0.6 is 0 Å². The second-order valence-corrected chi connectivity index (χ2v) is 21.8. The predicted molar refractivity (Wildman–Crippen MR) is 234 cm³/mol. The summed E-state index contributed by atoms with van der Waals surface area (Å²) in [6.07, 6.45) is 8.65. The maximum Gasteiger partial charge on any atom is 0.0465 e. The maximum absolute atomic E-state index is 2.56. The van der Waals surface area contributed by atoms with E-state index in [9.17, 15) is 0 Å². The summed E-state index contributed by atoms with van der Waals surface area (Å²) in [6, 6.07) is 38.7. The van der Waals surface area contributed by atoms with Gasteiger partial charge in [-0.3, -0.25) is 0 Å². The molecule has 5 aromatic rings. The molecule has 0 saturated heterocycles. The number of benzene rings is 5. The first-order valence-corrected chi connectivity index (χ1v) is 21.4. The molecule has 4 bridgehead atoms. The largest absolute Gasteiger partial charge is 0.310 e. The van der Waals surface area contributed by atoms with Gasteiger partial charge in [-0.2, -0.15) is 0 Å². The van der Waals surface area contributed by atoms with E-state index in [0.29, 0.717) is 5.41 Å². The third-order valence-electron chi connectivity index (χ3n) is 15.3. The van der Waals surface area contributed by atoms with Crippen molar-refractivity contribution in [3.8, 4) is 22.3 Å². The summed E-state index contributed by atoms with van der Waals surface area (Å²) in [5.74, 6) is 2.83. The van der Waals surface area contributed by atoms with Crippen molar-refractivity contribution in [2.75, 3.05) is 4.90 Å². The highest BCUT2D eigenvalue weighted by Crippen LogP contribution is 2.61. The molecule has 0 radical (unpaired) electrons. The van der Waals surface area contributed by atoms with Crippen molar-refractivity contribution in [1.82, 2.24) is 0 Å². The lowest BCUT2D eigenvalue weighted by atomic mass is 9.48. The summed E-state index contributed by atoms with van der Waals surface area (Å²) in [5, 5.41) is 0. The number of hydrogen-bond donors (Lipinski definition) is 0. The Labute approximate surface area is 331 Å². The summed E-state index contributed by atoms with van der Waals surface area (Å²) < 4.78 is 0. The minimum Gasteiger partial charge on any atom is -0.310 e. The van der Waals surface area contributed by atoms with Gasteiger partial charge in [0.1, 0.15) is 0 Å². The van der Waals surface area contributed by atoms with E-state index in [1.54, 1.807) is 5.56 Å². The summed E-state index contributed by atoms with van der Waals surface area (Å²) in [7, 11) is 0. The van der Waals surface area contributed by atoms with Crippen LogP contribution in [0.2, 0.25) is 0 Å². The van der Waals surface area contributed by atoms with Crippen LogP contribution in [-0.4, -0.2) is 0 Å². The van der Waals surface area contributed by atoms with Gasteiger partial charge in [0.2, 0.25) is 0 Å². The third-order valence-corrected chi connectivity index (χ3v) is 15.3. The van der Waals surface area contributed by atoms with Crippen LogP contribution in [0.1, 0.15) is 147 Å². The highest BCUT2D eigenvalue weighted by atomic mass is 15.1. The fourth-order valence-corrected chi connectivity index (χ4v) is 12.8. The van der Waals surface area contributed by atoms with E-state index in [0.717, 1.165) is 17.8 Å². The topological polar surface area (TPSA) is 3.24 Å². The molecule has 1 nitrogen and oxygen atoms in total. The summed E-state index contributed by atoms with van der Waals surface area (Å²) in [4.78, 5) is 2.56. The van der Waals surface area contributed by atoms with E-state index >= 15 is 0 Å². The van der Waals surface area contributed by atoms with Gasteiger partial charge in [-0.25, -0.2) is 0 Å². The second kappa shape index (κ2) is 11.5. The van der Waals surface area contributed by atoms with E-state index in [-0.39, 0.29) is 21.7 Å². The van der Waals surface area contributed by atoms with Crippen LogP contribution in [0.25, 0.3) is 22.3 Å². The minimum absolute atomic E-state index is 0.0345. The van der Waals surface area contributed by atoms with Crippen LogP contribution in [0.5, 0.6) is 0 Å². The summed E-state index contributed by atoms with van der Waals surface area (Å²) >= 11 is 0. The van der Waals surface area contributed by atoms with Gasteiger partial charge in [-0.05, 0) is 170 Å². The average Bonchev–Trinajstić information content (AvgIpc) is 3.49. The van der Waals surface area contributed by atoms with Crippen molar-refractivity contribution in [1.29, 1.82) is 0 Å². The Bertz CT molecular complexity index is 2330. The molecular formula is C54H61N. The van der Waals surface area contributed by atoms with Crippen molar-refractivity contribution in [3.63, 3.8) is 0 Å². The van der Waals surface area contributed by atoms with E-state index in [2.05, 4.69) is 171 Å². The highest BCUT2D eigenvalue weighted by Gasteiger charge is 2.51. The van der Waals surface area contributed by atoms with Crippen LogP contribution in [0, 0.1) is 17.8 Å². The van der Waals surface area contributed by atoms with Crippen molar-refractivity contribution in [3.05, 3.63) is 136 Å². The Kier molecular flexibility index (Phi) is 7.38. The molecular weight excluding hydrogens is 663 g/mol. The molecule has 0 N–H and O–H groups in total. The van der Waals surface area contributed by atoms with Gasteiger partial charge in [0.05, 0.1) is 0 Å². The van der Waals surface area contributed by atoms with Crippen molar-refractivity contribution in [2.45, 2.75) is 135 Å². The van der Waals surface area contributed by atoms with Crippen molar-refractivity contribution < 1.29 is 0 Å². The Balaban J connectivity index is 1.13. The Morgan fingerprint density at radius 1 is 0.491 bits per heavy atom. The lowest BCUT2D eigenvalue weighted by Crippen LogP contribution is -2.48. The molecule has 0 atom stereocenters. The first-order valence-electron chi connectivity index (χ1n) is 21.4. The molecule has 0 unspecified atom stereocenters. The number of anilines is 3. The highest BCUT2D eigenvalue weighted by molar-refractivity contribution is 5.89.